The molecule has 1 aromatic heterocycles. The molecule has 7 aromatic rings. The van der Waals surface area contributed by atoms with E-state index in [-0.39, 0.29) is 0 Å². The minimum Gasteiger partial charge on any atom is -0.455 e. The standard InChI is InChI=1S/C21H13N3.C13H10OS/c1-2-7-17-15(5-1)16-6-3-4-8-18(16)20-11-14(9-10-19(17)20)21-23-12-22-13-24-21;1-9-5-4-8-12-13(9)14-10-6-2-3-7-11(10)15-12/h1-13H;2-8H,1H3. The van der Waals surface area contributed by atoms with Gasteiger partial charge in [-0.3, -0.25) is 0 Å². The Hall–Kier alpha value is -4.74. The zero-order valence-corrected chi connectivity index (χ0v) is 22.0. The lowest BCUT2D eigenvalue weighted by Crippen LogP contribution is -1.96. The van der Waals surface area contributed by atoms with Gasteiger partial charge in [0.2, 0.25) is 0 Å². The van der Waals surface area contributed by atoms with E-state index < -0.39 is 0 Å². The largest absolute Gasteiger partial charge is 0.455 e. The number of nitrogens with zero attached hydrogens (tertiary/aromatic N) is 3. The van der Waals surface area contributed by atoms with E-state index in [0.29, 0.717) is 5.82 Å². The quantitative estimate of drug-likeness (QED) is 0.201. The van der Waals surface area contributed by atoms with Crippen molar-refractivity contribution in [2.75, 3.05) is 0 Å². The minimum absolute atomic E-state index is 0.698. The first kappa shape index (κ1) is 23.4. The van der Waals surface area contributed by atoms with E-state index in [0.717, 1.165) is 17.1 Å². The van der Waals surface area contributed by atoms with Crippen LogP contribution in [0.4, 0.5) is 0 Å². The predicted octanol–water partition coefficient (Wildman–Crippen LogP) is 9.25. The van der Waals surface area contributed by atoms with Crippen molar-refractivity contribution in [3.05, 3.63) is 127 Å². The van der Waals surface area contributed by atoms with Gasteiger partial charge < -0.3 is 4.74 Å². The summed E-state index contributed by atoms with van der Waals surface area (Å²) < 4.78 is 5.89. The van der Waals surface area contributed by atoms with Crippen molar-refractivity contribution < 1.29 is 4.74 Å². The number of benzene rings is 6. The molecule has 0 radical (unpaired) electrons. The number of aromatic nitrogens is 3. The zero-order chi connectivity index (χ0) is 26.2. The maximum Gasteiger partial charge on any atom is 0.162 e. The van der Waals surface area contributed by atoms with Gasteiger partial charge >= 0.3 is 0 Å². The summed E-state index contributed by atoms with van der Waals surface area (Å²) in [7, 11) is 0. The van der Waals surface area contributed by atoms with Crippen LogP contribution >= 0.6 is 11.8 Å². The Morgan fingerprint density at radius 1 is 0.564 bits per heavy atom. The molecule has 0 N–H and O–H groups in total. The first-order chi connectivity index (χ1) is 19.3. The minimum atomic E-state index is 0.698. The molecule has 0 atom stereocenters. The number of aryl methyl sites for hydroxylation is 1. The molecular formula is C34H23N3OS. The van der Waals surface area contributed by atoms with Crippen LogP contribution in [0.1, 0.15) is 5.56 Å². The molecule has 0 amide bonds. The second-order valence-corrected chi connectivity index (χ2v) is 10.5. The smallest absolute Gasteiger partial charge is 0.162 e. The van der Waals surface area contributed by atoms with Crippen LogP contribution in [-0.4, -0.2) is 15.0 Å². The maximum atomic E-state index is 5.89. The number of para-hydroxylation sites is 2. The van der Waals surface area contributed by atoms with Crippen LogP contribution in [0.3, 0.4) is 0 Å². The third-order valence-electron chi connectivity index (χ3n) is 6.95. The van der Waals surface area contributed by atoms with Gasteiger partial charge in [0.1, 0.15) is 24.2 Å². The van der Waals surface area contributed by atoms with Crippen LogP contribution in [0.25, 0.3) is 43.7 Å². The molecule has 0 aliphatic carbocycles. The van der Waals surface area contributed by atoms with Gasteiger partial charge in [-0.2, -0.15) is 0 Å². The molecule has 4 nitrogen and oxygen atoms in total. The predicted molar refractivity (Wildman–Crippen MR) is 160 cm³/mol. The van der Waals surface area contributed by atoms with Crippen molar-refractivity contribution >= 4 is 44.1 Å². The van der Waals surface area contributed by atoms with E-state index in [4.69, 9.17) is 4.74 Å². The van der Waals surface area contributed by atoms with Crippen molar-refractivity contribution in [2.24, 2.45) is 0 Å². The highest BCUT2D eigenvalue weighted by atomic mass is 32.2. The molecule has 5 heteroatoms. The first-order valence-corrected chi connectivity index (χ1v) is 13.6. The molecule has 0 bridgehead atoms. The zero-order valence-electron chi connectivity index (χ0n) is 21.2. The van der Waals surface area contributed by atoms with Crippen LogP contribution in [-0.2, 0) is 0 Å². The van der Waals surface area contributed by atoms with Gasteiger partial charge in [0.15, 0.2) is 5.82 Å². The van der Waals surface area contributed by atoms with Crippen LogP contribution in [0.15, 0.2) is 132 Å². The Morgan fingerprint density at radius 3 is 1.87 bits per heavy atom. The first-order valence-electron chi connectivity index (χ1n) is 12.8. The average Bonchev–Trinajstić information content (AvgIpc) is 3.01. The molecule has 8 rings (SSSR count). The Morgan fingerprint density at radius 2 is 1.15 bits per heavy atom. The van der Waals surface area contributed by atoms with Crippen LogP contribution in [0.2, 0.25) is 0 Å². The molecule has 186 valence electrons. The summed E-state index contributed by atoms with van der Waals surface area (Å²) in [4.78, 5) is 14.8. The lowest BCUT2D eigenvalue weighted by Gasteiger charge is -2.20. The van der Waals surface area contributed by atoms with Gasteiger partial charge in [-0.25, -0.2) is 15.0 Å². The molecular weight excluding hydrogens is 498 g/mol. The van der Waals surface area contributed by atoms with Crippen LogP contribution in [0.5, 0.6) is 11.5 Å². The lowest BCUT2D eigenvalue weighted by molar-refractivity contribution is 0.451. The second kappa shape index (κ2) is 9.86. The topological polar surface area (TPSA) is 47.9 Å². The number of hydrogen-bond donors (Lipinski definition) is 0. The van der Waals surface area contributed by atoms with Crippen molar-refractivity contribution in [3.8, 4) is 22.9 Å². The van der Waals surface area contributed by atoms with Gasteiger partial charge in [0, 0.05) is 5.56 Å². The second-order valence-electron chi connectivity index (χ2n) is 9.37. The van der Waals surface area contributed by atoms with Gasteiger partial charge in [-0.05, 0) is 69.1 Å². The van der Waals surface area contributed by atoms with E-state index in [2.05, 4.69) is 113 Å². The highest BCUT2D eigenvalue weighted by Gasteiger charge is 2.18. The summed E-state index contributed by atoms with van der Waals surface area (Å²) in [6, 6.07) is 37.9. The van der Waals surface area contributed by atoms with Crippen molar-refractivity contribution in [2.45, 2.75) is 16.7 Å². The normalized spacial score (nSPS) is 11.8. The van der Waals surface area contributed by atoms with Gasteiger partial charge in [-0.1, -0.05) is 96.7 Å². The van der Waals surface area contributed by atoms with Crippen LogP contribution < -0.4 is 4.74 Å². The Balaban J connectivity index is 0.000000145. The Kier molecular flexibility index (Phi) is 5.91. The van der Waals surface area contributed by atoms with Crippen molar-refractivity contribution in [1.29, 1.82) is 0 Å². The summed E-state index contributed by atoms with van der Waals surface area (Å²) in [5.74, 6) is 2.66. The average molecular weight is 522 g/mol. The third kappa shape index (κ3) is 4.27. The van der Waals surface area contributed by atoms with E-state index >= 15 is 0 Å². The molecule has 0 saturated heterocycles. The number of ether oxygens (including phenoxy) is 1. The van der Waals surface area contributed by atoms with Gasteiger partial charge in [0.05, 0.1) is 9.79 Å². The lowest BCUT2D eigenvalue weighted by atomic mass is 9.93. The summed E-state index contributed by atoms with van der Waals surface area (Å²) in [6.45, 7) is 2.08. The number of fused-ring (bicyclic) bond motifs is 8. The molecule has 0 saturated carbocycles. The van der Waals surface area contributed by atoms with E-state index in [1.807, 2.05) is 18.2 Å². The molecule has 0 unspecified atom stereocenters. The Labute approximate surface area is 230 Å². The van der Waals surface area contributed by atoms with Crippen LogP contribution in [0, 0.1) is 6.92 Å². The third-order valence-corrected chi connectivity index (χ3v) is 8.05. The SMILES string of the molecule is Cc1cccc2c1Oc1ccccc1S2.c1ccc2c(c1)c1ccccc1c1cc(-c3ncncn3)ccc21. The molecule has 39 heavy (non-hydrogen) atoms. The van der Waals surface area contributed by atoms with E-state index in [1.165, 1.54) is 60.3 Å². The molecule has 2 heterocycles. The molecule has 1 aliphatic heterocycles. The molecule has 0 spiro atoms. The Bertz CT molecular complexity index is 1950. The summed E-state index contributed by atoms with van der Waals surface area (Å²) >= 11 is 1.77. The summed E-state index contributed by atoms with van der Waals surface area (Å²) in [5, 5.41) is 7.56. The number of rotatable bonds is 1. The molecule has 1 aliphatic rings. The van der Waals surface area contributed by atoms with Gasteiger partial charge in [-0.15, -0.1) is 0 Å². The van der Waals surface area contributed by atoms with E-state index in [9.17, 15) is 0 Å². The molecule has 6 aromatic carbocycles. The van der Waals surface area contributed by atoms with Gasteiger partial charge in [0.25, 0.3) is 0 Å². The molecule has 0 fully saturated rings. The highest BCUT2D eigenvalue weighted by molar-refractivity contribution is 7.99. The fraction of sp³-hybridized carbons (Fsp3) is 0.0294. The fourth-order valence-electron chi connectivity index (χ4n) is 5.12. The number of hydrogen-bond acceptors (Lipinski definition) is 5. The highest BCUT2D eigenvalue weighted by Crippen LogP contribution is 2.47. The maximum absolute atomic E-state index is 5.89. The van der Waals surface area contributed by atoms with E-state index in [1.54, 1.807) is 11.8 Å². The summed E-state index contributed by atoms with van der Waals surface area (Å²) in [5.41, 5.74) is 2.19. The van der Waals surface area contributed by atoms with Crippen molar-refractivity contribution in [1.82, 2.24) is 15.0 Å². The monoisotopic (exact) mass is 521 g/mol. The van der Waals surface area contributed by atoms with Crippen molar-refractivity contribution in [3.63, 3.8) is 0 Å². The summed E-state index contributed by atoms with van der Waals surface area (Å²) in [6.07, 6.45) is 3.07. The fourth-order valence-corrected chi connectivity index (χ4v) is 6.15.